The van der Waals surface area contributed by atoms with Gasteiger partial charge in [-0.2, -0.15) is 0 Å². The van der Waals surface area contributed by atoms with Gasteiger partial charge in [-0.05, 0) is 15.9 Å². The Morgan fingerprint density at radius 3 is 2.74 bits per heavy atom. The van der Waals surface area contributed by atoms with E-state index in [9.17, 15) is 19.7 Å². The number of carbonyl (C=O) groups is 1. The van der Waals surface area contributed by atoms with Crippen molar-refractivity contribution >= 4 is 38.4 Å². The lowest BCUT2D eigenvalue weighted by Crippen LogP contribution is -2.33. The van der Waals surface area contributed by atoms with Crippen molar-refractivity contribution in [3.63, 3.8) is 0 Å². The molecule has 0 bridgehead atoms. The van der Waals surface area contributed by atoms with E-state index in [2.05, 4.69) is 20.9 Å². The van der Waals surface area contributed by atoms with Crippen molar-refractivity contribution in [1.82, 2.24) is 10.4 Å². The van der Waals surface area contributed by atoms with E-state index in [1.54, 1.807) is 0 Å². The van der Waals surface area contributed by atoms with Crippen LogP contribution in [0.4, 0.5) is 5.69 Å². The number of hydrogen-bond acceptors (Lipinski definition) is 5. The maximum atomic E-state index is 12.1. The van der Waals surface area contributed by atoms with Gasteiger partial charge >= 0.3 is 0 Å². The number of nitrogens with zero attached hydrogens (tertiary/aromatic N) is 1. The fourth-order valence-electron chi connectivity index (χ4n) is 1.62. The third-order valence-electron chi connectivity index (χ3n) is 2.51. The van der Waals surface area contributed by atoms with E-state index in [0.29, 0.717) is 9.99 Å². The molecule has 1 aromatic heterocycles. The molecule has 0 aliphatic rings. The van der Waals surface area contributed by atoms with Gasteiger partial charge in [-0.25, -0.2) is 5.84 Å². The number of carbonyl (C=O) groups excluding carboxylic acids is 1. The molecule has 0 radical (unpaired) electrons. The Labute approximate surface area is 113 Å². The number of nitrogen functional groups attached to an aromatic ring is 1. The summed E-state index contributed by atoms with van der Waals surface area (Å²) >= 11 is 3.13. The Morgan fingerprint density at radius 2 is 2.16 bits per heavy atom. The molecule has 19 heavy (non-hydrogen) atoms. The summed E-state index contributed by atoms with van der Waals surface area (Å²) in [5, 5.41) is 10.8. The number of rotatable bonds is 2. The molecule has 0 unspecified atom stereocenters. The van der Waals surface area contributed by atoms with Crippen LogP contribution in [0.3, 0.4) is 0 Å². The zero-order chi connectivity index (χ0) is 14.2. The first-order valence-corrected chi connectivity index (χ1v) is 5.75. The summed E-state index contributed by atoms with van der Waals surface area (Å²) in [5.74, 6) is 4.18. The van der Waals surface area contributed by atoms with Crippen LogP contribution in [-0.2, 0) is 0 Å². The Balaban J connectivity index is 2.84. The number of halogens is 1. The number of nitrogens with one attached hydrogen (secondary N) is 2. The molecule has 0 aliphatic carbocycles. The van der Waals surface area contributed by atoms with Crippen LogP contribution in [0, 0.1) is 10.1 Å². The molecule has 2 aromatic rings. The van der Waals surface area contributed by atoms with Crippen LogP contribution >= 0.6 is 15.9 Å². The van der Waals surface area contributed by atoms with E-state index in [4.69, 9.17) is 5.84 Å². The third kappa shape index (κ3) is 2.20. The predicted molar refractivity (Wildman–Crippen MR) is 70.6 cm³/mol. The number of nitrogens with two attached hydrogens (primary N) is 1. The van der Waals surface area contributed by atoms with Gasteiger partial charge in [-0.15, -0.1) is 0 Å². The van der Waals surface area contributed by atoms with Gasteiger partial charge in [0, 0.05) is 22.8 Å². The molecule has 8 nitrogen and oxygen atoms in total. The van der Waals surface area contributed by atoms with E-state index in [0.717, 1.165) is 6.07 Å². The minimum absolute atomic E-state index is 0.0298. The van der Waals surface area contributed by atoms with Crippen LogP contribution in [-0.4, -0.2) is 15.8 Å². The van der Waals surface area contributed by atoms with E-state index in [1.165, 1.54) is 12.3 Å². The van der Waals surface area contributed by atoms with Gasteiger partial charge in [0.2, 0.25) is 5.43 Å². The highest BCUT2D eigenvalue weighted by atomic mass is 79.9. The number of amides is 1. The Hall–Kier alpha value is -2.26. The van der Waals surface area contributed by atoms with Gasteiger partial charge in [-0.1, -0.05) is 0 Å². The molecule has 0 spiro atoms. The predicted octanol–water partition coefficient (Wildman–Crippen LogP) is 0.802. The largest absolute Gasteiger partial charge is 0.359 e. The van der Waals surface area contributed by atoms with E-state index < -0.39 is 16.3 Å². The molecule has 0 aliphatic heterocycles. The smallest absolute Gasteiger partial charge is 0.271 e. The first-order chi connectivity index (χ1) is 8.95. The lowest BCUT2D eigenvalue weighted by Gasteiger charge is -2.04. The first kappa shape index (κ1) is 13.2. The van der Waals surface area contributed by atoms with Crippen molar-refractivity contribution in [3.05, 3.63) is 48.7 Å². The summed E-state index contributed by atoms with van der Waals surface area (Å²) in [6.07, 6.45) is 1.20. The Morgan fingerprint density at radius 1 is 1.47 bits per heavy atom. The number of nitro benzene ring substituents is 1. The van der Waals surface area contributed by atoms with Gasteiger partial charge in [0.05, 0.1) is 15.8 Å². The molecule has 0 saturated carbocycles. The number of aromatic amines is 1. The van der Waals surface area contributed by atoms with Crippen LogP contribution in [0.25, 0.3) is 10.9 Å². The number of pyridine rings is 1. The van der Waals surface area contributed by atoms with Crippen molar-refractivity contribution in [2.45, 2.75) is 0 Å². The summed E-state index contributed by atoms with van der Waals surface area (Å²) in [6, 6.07) is 2.37. The minimum atomic E-state index is -0.772. The Kier molecular flexibility index (Phi) is 3.32. The number of aromatic nitrogens is 1. The van der Waals surface area contributed by atoms with E-state index in [-0.39, 0.29) is 16.6 Å². The number of fused-ring (bicyclic) bond motifs is 1. The monoisotopic (exact) mass is 326 g/mol. The van der Waals surface area contributed by atoms with Gasteiger partial charge in [0.25, 0.3) is 11.6 Å². The van der Waals surface area contributed by atoms with Crippen LogP contribution in [0.2, 0.25) is 0 Å². The van der Waals surface area contributed by atoms with Gasteiger partial charge in [-0.3, -0.25) is 25.1 Å². The molecular weight excluding hydrogens is 320 g/mol. The lowest BCUT2D eigenvalue weighted by molar-refractivity contribution is -0.384. The minimum Gasteiger partial charge on any atom is -0.359 e. The number of non-ortho nitro benzene ring substituents is 1. The fourth-order valence-corrected chi connectivity index (χ4v) is 2.19. The molecule has 1 aromatic carbocycles. The zero-order valence-electron chi connectivity index (χ0n) is 9.27. The van der Waals surface area contributed by atoms with Crippen LogP contribution in [0.5, 0.6) is 0 Å². The second-order valence-electron chi connectivity index (χ2n) is 3.61. The van der Waals surface area contributed by atoms with Crippen molar-refractivity contribution in [2.75, 3.05) is 0 Å². The van der Waals surface area contributed by atoms with Gasteiger partial charge in [0.15, 0.2) is 0 Å². The standard InChI is InChI=1S/C10H7BrN4O4/c11-7-2-4(15(18)19)1-5-8(7)13-3-6(9(5)16)10(17)14-12/h1-3H,12H2,(H,13,16)(H,14,17). The topological polar surface area (TPSA) is 131 Å². The van der Waals surface area contributed by atoms with Crippen molar-refractivity contribution in [3.8, 4) is 0 Å². The van der Waals surface area contributed by atoms with Crippen molar-refractivity contribution < 1.29 is 9.72 Å². The highest BCUT2D eigenvalue weighted by molar-refractivity contribution is 9.10. The summed E-state index contributed by atoms with van der Waals surface area (Å²) < 4.78 is 0.355. The van der Waals surface area contributed by atoms with E-state index in [1.807, 2.05) is 5.43 Å². The second kappa shape index (κ2) is 4.78. The van der Waals surface area contributed by atoms with Crippen molar-refractivity contribution in [1.29, 1.82) is 0 Å². The van der Waals surface area contributed by atoms with E-state index >= 15 is 0 Å². The molecule has 1 heterocycles. The molecular formula is C10H7BrN4O4. The summed E-state index contributed by atoms with van der Waals surface area (Å²) in [4.78, 5) is 36.3. The number of nitro groups is 1. The molecule has 9 heteroatoms. The SMILES string of the molecule is NNC(=O)c1c[nH]c2c(Br)cc([N+](=O)[O-])cc2c1=O. The first-order valence-electron chi connectivity index (χ1n) is 4.96. The highest BCUT2D eigenvalue weighted by Gasteiger charge is 2.17. The number of hydrazine groups is 1. The number of hydrogen-bond donors (Lipinski definition) is 3. The van der Waals surface area contributed by atoms with Crippen LogP contribution in [0.15, 0.2) is 27.6 Å². The number of benzene rings is 1. The average Bonchev–Trinajstić information content (AvgIpc) is 2.38. The molecule has 2 rings (SSSR count). The molecule has 0 saturated heterocycles. The quantitative estimate of drug-likeness (QED) is 0.325. The normalized spacial score (nSPS) is 10.4. The Bertz CT molecular complexity index is 755. The third-order valence-corrected chi connectivity index (χ3v) is 3.14. The molecule has 4 N–H and O–H groups in total. The fraction of sp³-hybridized carbons (Fsp3) is 0. The maximum absolute atomic E-state index is 12.1. The van der Waals surface area contributed by atoms with Gasteiger partial charge in [0.1, 0.15) is 5.56 Å². The molecule has 0 fully saturated rings. The summed E-state index contributed by atoms with van der Waals surface area (Å²) in [6.45, 7) is 0. The molecule has 1 amide bonds. The zero-order valence-corrected chi connectivity index (χ0v) is 10.9. The number of H-pyrrole nitrogens is 1. The average molecular weight is 327 g/mol. The van der Waals surface area contributed by atoms with Gasteiger partial charge < -0.3 is 4.98 Å². The second-order valence-corrected chi connectivity index (χ2v) is 4.47. The molecule has 98 valence electrons. The summed E-state index contributed by atoms with van der Waals surface area (Å²) in [7, 11) is 0. The maximum Gasteiger partial charge on any atom is 0.271 e. The van der Waals surface area contributed by atoms with Crippen molar-refractivity contribution in [2.24, 2.45) is 5.84 Å². The van der Waals surface area contributed by atoms with Crippen LogP contribution < -0.4 is 16.7 Å². The molecule has 0 atom stereocenters. The lowest BCUT2D eigenvalue weighted by atomic mass is 10.1. The van der Waals surface area contributed by atoms with Crippen LogP contribution in [0.1, 0.15) is 10.4 Å². The summed E-state index contributed by atoms with van der Waals surface area (Å²) in [5.41, 5.74) is 1.09. The highest BCUT2D eigenvalue weighted by Crippen LogP contribution is 2.26.